The molecule has 3 aliphatic carbocycles. The average Bonchev–Trinajstić information content (AvgIpc) is 2.83. The maximum absolute atomic E-state index is 13.6. The zero-order chi connectivity index (χ0) is 25.8. The minimum absolute atomic E-state index is 0.0196. The summed E-state index contributed by atoms with van der Waals surface area (Å²) in [5.74, 6) is -3.77. The number of phenols is 1. The number of allylic oxidation sites excluding steroid dienone is 1. The molecule has 0 aromatic heterocycles. The van der Waals surface area contributed by atoms with Crippen molar-refractivity contribution in [2.24, 2.45) is 11.8 Å². The number of aromatic hydroxyl groups is 1. The molecular weight excluding hydrogens is 456 g/mol. The molecule has 1 fully saturated rings. The van der Waals surface area contributed by atoms with Crippen LogP contribution in [0.3, 0.4) is 0 Å². The van der Waals surface area contributed by atoms with Gasteiger partial charge in [0.25, 0.3) is 0 Å². The summed E-state index contributed by atoms with van der Waals surface area (Å²) in [6.07, 6.45) is 3.55. The van der Waals surface area contributed by atoms with Crippen LogP contribution in [-0.2, 0) is 33.6 Å². The molecular formula is C30H30O6. The quantitative estimate of drug-likeness (QED) is 0.431. The molecule has 0 bridgehead atoms. The molecule has 3 aliphatic rings. The van der Waals surface area contributed by atoms with Gasteiger partial charge in [-0.3, -0.25) is 14.4 Å². The summed E-state index contributed by atoms with van der Waals surface area (Å²) in [6.45, 7) is 2.95. The topological polar surface area (TPSA) is 112 Å². The Morgan fingerprint density at radius 2 is 1.72 bits per heavy atom. The van der Waals surface area contributed by atoms with Crippen molar-refractivity contribution in [3.8, 4) is 5.75 Å². The number of hydrogen-bond acceptors (Lipinski definition) is 6. The molecule has 3 N–H and O–H groups in total. The zero-order valence-electron chi connectivity index (χ0n) is 20.5. The summed E-state index contributed by atoms with van der Waals surface area (Å²) in [5.41, 5.74) is 1.33. The summed E-state index contributed by atoms with van der Waals surface area (Å²) in [4.78, 5) is 39.0. The van der Waals surface area contributed by atoms with Crippen molar-refractivity contribution in [3.63, 3.8) is 0 Å². The fraction of sp³-hybridized carbons (Fsp3) is 0.367. The number of phenolic OH excluding ortho intramolecular Hbond substituents is 1. The lowest BCUT2D eigenvalue weighted by molar-refractivity contribution is -0.157. The van der Waals surface area contributed by atoms with Crippen LogP contribution in [0, 0.1) is 11.8 Å². The molecule has 36 heavy (non-hydrogen) atoms. The minimum atomic E-state index is -2.37. The van der Waals surface area contributed by atoms with Crippen molar-refractivity contribution in [3.05, 3.63) is 81.4 Å². The lowest BCUT2D eigenvalue weighted by Crippen LogP contribution is -2.61. The van der Waals surface area contributed by atoms with Crippen molar-refractivity contribution in [1.82, 2.24) is 0 Å². The third-order valence-corrected chi connectivity index (χ3v) is 8.15. The van der Waals surface area contributed by atoms with E-state index in [1.54, 1.807) is 6.92 Å². The van der Waals surface area contributed by atoms with Gasteiger partial charge in [0.2, 0.25) is 11.6 Å². The minimum Gasteiger partial charge on any atom is -0.507 e. The number of fused-ring (bicyclic) bond motifs is 3. The number of Topliss-reactive ketones (excluding diaryl/α,β-unsaturated/α-hetero) is 3. The van der Waals surface area contributed by atoms with Crippen LogP contribution in [0.2, 0.25) is 0 Å². The van der Waals surface area contributed by atoms with Gasteiger partial charge in [0.1, 0.15) is 11.5 Å². The smallest absolute Gasteiger partial charge is 0.206 e. The highest BCUT2D eigenvalue weighted by molar-refractivity contribution is 6.33. The van der Waals surface area contributed by atoms with Crippen molar-refractivity contribution >= 4 is 23.1 Å². The molecule has 0 heterocycles. The Morgan fingerprint density at radius 1 is 1.00 bits per heavy atom. The van der Waals surface area contributed by atoms with Crippen LogP contribution in [0.15, 0.2) is 59.2 Å². The van der Waals surface area contributed by atoms with Gasteiger partial charge in [-0.2, -0.15) is 0 Å². The monoisotopic (exact) mass is 486 g/mol. The van der Waals surface area contributed by atoms with E-state index in [0.717, 1.165) is 30.4 Å². The predicted octanol–water partition coefficient (Wildman–Crippen LogP) is 4.21. The maximum Gasteiger partial charge on any atom is 0.206 e. The standard InChI is InChI=1S/C30H30O6/c1-16-13-21-14-20-15-22-19(10-6-9-18-7-4-3-5-8-18)11-12-23(32)26(22)27(33)25(20)29(35)30(21,36)28(34)24(16)17(2)31/h3-5,7-8,11-12,20-21,32-33,36H,6,9-10,13-15H2,1-2H3. The molecule has 0 radical (unpaired) electrons. The number of aliphatic hydroxyl groups is 2. The van der Waals surface area contributed by atoms with Crippen molar-refractivity contribution in [2.75, 3.05) is 0 Å². The number of ketones is 3. The highest BCUT2D eigenvalue weighted by Crippen LogP contribution is 2.51. The molecule has 3 atom stereocenters. The van der Waals surface area contributed by atoms with Gasteiger partial charge < -0.3 is 15.3 Å². The number of carbonyl (C=O) groups excluding carboxylic acids is 3. The first-order valence-electron chi connectivity index (χ1n) is 12.5. The average molecular weight is 487 g/mol. The van der Waals surface area contributed by atoms with Crippen LogP contribution >= 0.6 is 0 Å². The third-order valence-electron chi connectivity index (χ3n) is 8.15. The predicted molar refractivity (Wildman–Crippen MR) is 134 cm³/mol. The van der Waals surface area contributed by atoms with Gasteiger partial charge in [0, 0.05) is 11.5 Å². The molecule has 0 saturated heterocycles. The molecule has 0 aliphatic heterocycles. The first-order valence-corrected chi connectivity index (χ1v) is 12.5. The molecule has 3 unspecified atom stereocenters. The SMILES string of the molecule is CC(=O)C1=C(C)CC2CC3Cc4c(CCCc5ccccc5)ccc(O)c4C(O)=C3C(=O)C2(O)C1=O. The van der Waals surface area contributed by atoms with Gasteiger partial charge in [-0.1, -0.05) is 42.0 Å². The molecule has 6 nitrogen and oxygen atoms in total. The first kappa shape index (κ1) is 24.2. The van der Waals surface area contributed by atoms with Crippen LogP contribution in [0.4, 0.5) is 0 Å². The Labute approximate surface area is 210 Å². The van der Waals surface area contributed by atoms with Crippen LogP contribution < -0.4 is 0 Å². The number of rotatable bonds is 5. The van der Waals surface area contributed by atoms with E-state index in [1.165, 1.54) is 18.6 Å². The zero-order valence-corrected chi connectivity index (χ0v) is 20.5. The normalized spacial score (nSPS) is 25.4. The maximum atomic E-state index is 13.6. The Morgan fingerprint density at radius 3 is 2.42 bits per heavy atom. The first-order chi connectivity index (χ1) is 17.1. The van der Waals surface area contributed by atoms with Crippen LogP contribution in [-0.4, -0.2) is 38.3 Å². The van der Waals surface area contributed by atoms with Crippen LogP contribution in [0.5, 0.6) is 5.75 Å². The third kappa shape index (κ3) is 3.63. The Balaban J connectivity index is 1.51. The molecule has 1 saturated carbocycles. The fourth-order valence-electron chi connectivity index (χ4n) is 6.45. The van der Waals surface area contributed by atoms with Gasteiger partial charge in [-0.15, -0.1) is 0 Å². The second-order valence-corrected chi connectivity index (χ2v) is 10.4. The highest BCUT2D eigenvalue weighted by Gasteiger charge is 2.60. The second-order valence-electron chi connectivity index (χ2n) is 10.4. The molecule has 0 spiro atoms. The van der Waals surface area contributed by atoms with E-state index in [9.17, 15) is 29.7 Å². The molecule has 6 heteroatoms. The summed E-state index contributed by atoms with van der Waals surface area (Å²) in [6, 6.07) is 13.6. The second kappa shape index (κ2) is 8.86. The van der Waals surface area contributed by atoms with Crippen LogP contribution in [0.25, 0.3) is 5.76 Å². The molecule has 2 aromatic rings. The van der Waals surface area contributed by atoms with E-state index in [2.05, 4.69) is 12.1 Å². The van der Waals surface area contributed by atoms with Gasteiger partial charge in [-0.05, 0) is 81.0 Å². The van der Waals surface area contributed by atoms with E-state index in [1.807, 2.05) is 24.3 Å². The number of aryl methyl sites for hydroxylation is 2. The van der Waals surface area contributed by atoms with Crippen molar-refractivity contribution in [2.45, 2.75) is 58.0 Å². The van der Waals surface area contributed by atoms with E-state index < -0.39 is 28.9 Å². The Hall–Kier alpha value is -3.51. The van der Waals surface area contributed by atoms with E-state index in [4.69, 9.17) is 0 Å². The number of hydrogen-bond donors (Lipinski definition) is 3. The van der Waals surface area contributed by atoms with Gasteiger partial charge in [0.05, 0.1) is 11.1 Å². The summed E-state index contributed by atoms with van der Waals surface area (Å²) < 4.78 is 0. The molecule has 0 amide bonds. The highest BCUT2D eigenvalue weighted by atomic mass is 16.3. The van der Waals surface area contributed by atoms with Gasteiger partial charge in [0.15, 0.2) is 11.4 Å². The molecule has 5 rings (SSSR count). The van der Waals surface area contributed by atoms with Crippen LogP contribution in [0.1, 0.15) is 55.4 Å². The van der Waals surface area contributed by atoms with Gasteiger partial charge >= 0.3 is 0 Å². The fourth-order valence-corrected chi connectivity index (χ4v) is 6.45. The lowest BCUT2D eigenvalue weighted by atomic mass is 9.57. The van der Waals surface area contributed by atoms with E-state index >= 15 is 0 Å². The largest absolute Gasteiger partial charge is 0.507 e. The lowest BCUT2D eigenvalue weighted by Gasteiger charge is -2.46. The summed E-state index contributed by atoms with van der Waals surface area (Å²) >= 11 is 0. The number of carbonyl (C=O) groups is 3. The summed E-state index contributed by atoms with van der Waals surface area (Å²) in [5, 5.41) is 33.3. The molecule has 186 valence electrons. The molecule has 2 aromatic carbocycles. The number of benzene rings is 2. The number of aliphatic hydroxyl groups excluding tert-OH is 1. The van der Waals surface area contributed by atoms with Crippen molar-refractivity contribution < 1.29 is 29.7 Å². The Bertz CT molecular complexity index is 1350. The summed E-state index contributed by atoms with van der Waals surface area (Å²) in [7, 11) is 0. The Kier molecular flexibility index (Phi) is 5.95. The van der Waals surface area contributed by atoms with E-state index in [0.29, 0.717) is 18.4 Å². The van der Waals surface area contributed by atoms with Gasteiger partial charge in [-0.25, -0.2) is 0 Å². The van der Waals surface area contributed by atoms with Crippen molar-refractivity contribution in [1.29, 1.82) is 0 Å². The van der Waals surface area contributed by atoms with E-state index in [-0.39, 0.29) is 40.6 Å².